The van der Waals surface area contributed by atoms with Crippen LogP contribution < -0.4 is 10.6 Å². The Bertz CT molecular complexity index is 1230. The molecular weight excluding hydrogens is 402 g/mol. The number of hydrogen-bond acceptors (Lipinski definition) is 4. The molecule has 2 aliphatic rings. The maximum absolute atomic E-state index is 14.0. The normalized spacial score (nSPS) is 17.6. The first-order chi connectivity index (χ1) is 15.0. The predicted octanol–water partition coefficient (Wildman–Crippen LogP) is 4.44. The fourth-order valence-corrected chi connectivity index (χ4v) is 4.13. The number of rotatable bonds is 3. The minimum atomic E-state index is -1.00. The van der Waals surface area contributed by atoms with E-state index in [1.54, 1.807) is 12.1 Å². The maximum atomic E-state index is 14.0. The molecule has 0 spiro atoms. The van der Waals surface area contributed by atoms with Gasteiger partial charge >= 0.3 is 0 Å². The van der Waals surface area contributed by atoms with E-state index in [1.165, 1.54) is 16.9 Å². The van der Waals surface area contributed by atoms with E-state index in [4.69, 9.17) is 0 Å². The molecule has 0 saturated heterocycles. The first kappa shape index (κ1) is 19.2. The summed E-state index contributed by atoms with van der Waals surface area (Å²) in [5.74, 6) is -1.99. The zero-order valence-corrected chi connectivity index (χ0v) is 16.4. The molecule has 1 aliphatic heterocycles. The van der Waals surface area contributed by atoms with Gasteiger partial charge < -0.3 is 10.6 Å². The highest BCUT2D eigenvalue weighted by Gasteiger charge is 2.37. The Labute approximate surface area is 176 Å². The fourth-order valence-electron chi connectivity index (χ4n) is 4.13. The van der Waals surface area contributed by atoms with Crippen molar-refractivity contribution < 1.29 is 18.4 Å². The summed E-state index contributed by atoms with van der Waals surface area (Å²) >= 11 is 0. The van der Waals surface area contributed by atoms with E-state index >= 15 is 0 Å². The summed E-state index contributed by atoms with van der Waals surface area (Å²) in [6, 6.07) is 11.8. The molecule has 2 N–H and O–H groups in total. The van der Waals surface area contributed by atoms with Crippen molar-refractivity contribution in [3.8, 4) is 0 Å². The number of halogens is 2. The summed E-state index contributed by atoms with van der Waals surface area (Å²) in [7, 11) is 0. The van der Waals surface area contributed by atoms with Crippen molar-refractivity contribution in [2.45, 2.75) is 25.3 Å². The zero-order valence-electron chi connectivity index (χ0n) is 16.4. The summed E-state index contributed by atoms with van der Waals surface area (Å²) < 4.78 is 29.1. The first-order valence-electron chi connectivity index (χ1n) is 9.95. The third kappa shape index (κ3) is 3.30. The van der Waals surface area contributed by atoms with Crippen molar-refractivity contribution in [2.75, 3.05) is 10.6 Å². The monoisotopic (exact) mass is 420 g/mol. The van der Waals surface area contributed by atoms with E-state index in [1.807, 2.05) is 18.2 Å². The summed E-state index contributed by atoms with van der Waals surface area (Å²) in [5.41, 5.74) is 2.48. The van der Waals surface area contributed by atoms with Crippen LogP contribution in [0.4, 0.5) is 20.3 Å². The van der Waals surface area contributed by atoms with Crippen LogP contribution in [-0.2, 0) is 4.79 Å². The molecule has 5 rings (SSSR count). The summed E-state index contributed by atoms with van der Waals surface area (Å²) in [6.45, 7) is 0. The van der Waals surface area contributed by atoms with Gasteiger partial charge in [-0.05, 0) is 42.7 Å². The van der Waals surface area contributed by atoms with E-state index in [0.717, 1.165) is 12.1 Å². The van der Waals surface area contributed by atoms with Gasteiger partial charge in [-0.1, -0.05) is 24.3 Å². The van der Waals surface area contributed by atoms with Gasteiger partial charge in [-0.2, -0.15) is 5.10 Å². The Balaban J connectivity index is 1.60. The number of amides is 1. The Morgan fingerprint density at radius 2 is 1.90 bits per heavy atom. The molecule has 3 aromatic rings. The van der Waals surface area contributed by atoms with Crippen LogP contribution in [0.1, 0.15) is 41.2 Å². The van der Waals surface area contributed by atoms with Gasteiger partial charge in [0.2, 0.25) is 0 Å². The van der Waals surface area contributed by atoms with Crippen LogP contribution in [0.2, 0.25) is 0 Å². The average Bonchev–Trinajstić information content (AvgIpc) is 3.19. The molecular formula is C23H18F2N4O2. The lowest BCUT2D eigenvalue weighted by atomic mass is 9.85. The maximum Gasteiger partial charge on any atom is 0.261 e. The van der Waals surface area contributed by atoms with Gasteiger partial charge in [0.1, 0.15) is 17.4 Å². The molecule has 1 unspecified atom stereocenters. The lowest BCUT2D eigenvalue weighted by Crippen LogP contribution is -2.32. The van der Waals surface area contributed by atoms with Crippen LogP contribution in [-0.4, -0.2) is 21.5 Å². The van der Waals surface area contributed by atoms with Crippen LogP contribution in [0, 0.1) is 11.6 Å². The molecule has 1 aromatic heterocycles. The number of Topliss-reactive ketones (excluding diaryl/α,β-unsaturated/α-hetero) is 1. The van der Waals surface area contributed by atoms with E-state index in [9.17, 15) is 18.4 Å². The molecule has 2 heterocycles. The van der Waals surface area contributed by atoms with E-state index in [-0.39, 0.29) is 11.7 Å². The highest BCUT2D eigenvalue weighted by atomic mass is 19.2. The molecule has 0 saturated carbocycles. The van der Waals surface area contributed by atoms with Gasteiger partial charge in [0, 0.05) is 23.4 Å². The molecule has 2 aromatic carbocycles. The number of carbonyl (C=O) groups is 2. The van der Waals surface area contributed by atoms with Gasteiger partial charge in [0.05, 0.1) is 6.20 Å². The van der Waals surface area contributed by atoms with Gasteiger partial charge in [-0.15, -0.1) is 0 Å². The number of allylic oxidation sites excluding steroid dienone is 2. The van der Waals surface area contributed by atoms with Crippen LogP contribution in [0.15, 0.2) is 66.0 Å². The molecule has 0 radical (unpaired) electrons. The Hall–Kier alpha value is -3.81. The molecule has 1 amide bonds. The number of aromatic nitrogens is 2. The molecule has 0 fully saturated rings. The summed E-state index contributed by atoms with van der Waals surface area (Å²) in [6.07, 6.45) is 3.08. The smallest absolute Gasteiger partial charge is 0.261 e. The fraction of sp³-hybridized carbons (Fsp3) is 0.174. The third-order valence-corrected chi connectivity index (χ3v) is 5.57. The number of benzene rings is 2. The van der Waals surface area contributed by atoms with E-state index in [2.05, 4.69) is 15.7 Å². The Morgan fingerprint density at radius 3 is 2.68 bits per heavy atom. The largest absolute Gasteiger partial charge is 0.343 e. The second-order valence-corrected chi connectivity index (χ2v) is 7.54. The number of nitrogens with one attached hydrogen (secondary N) is 2. The van der Waals surface area contributed by atoms with Crippen molar-refractivity contribution >= 4 is 23.2 Å². The van der Waals surface area contributed by atoms with Gasteiger partial charge in [0.15, 0.2) is 17.4 Å². The van der Waals surface area contributed by atoms with Gasteiger partial charge in [-0.25, -0.2) is 13.5 Å². The van der Waals surface area contributed by atoms with E-state index in [0.29, 0.717) is 53.2 Å². The van der Waals surface area contributed by atoms with Crippen molar-refractivity contribution in [3.05, 3.63) is 88.8 Å². The summed E-state index contributed by atoms with van der Waals surface area (Å²) in [4.78, 5) is 25.7. The van der Waals surface area contributed by atoms with E-state index < -0.39 is 17.7 Å². The molecule has 0 bridgehead atoms. The first-order valence-corrected chi connectivity index (χ1v) is 9.95. The Kier molecular flexibility index (Phi) is 4.62. The molecule has 31 heavy (non-hydrogen) atoms. The third-order valence-electron chi connectivity index (χ3n) is 5.57. The lowest BCUT2D eigenvalue weighted by Gasteiger charge is -2.33. The van der Waals surface area contributed by atoms with Crippen LogP contribution >= 0.6 is 0 Å². The Morgan fingerprint density at radius 1 is 1.10 bits per heavy atom. The number of nitrogens with zero attached hydrogens (tertiary/aromatic N) is 2. The second kappa shape index (κ2) is 7.46. The van der Waals surface area contributed by atoms with Crippen molar-refractivity contribution in [2.24, 2.45) is 0 Å². The highest BCUT2D eigenvalue weighted by molar-refractivity contribution is 6.08. The molecule has 156 valence electrons. The lowest BCUT2D eigenvalue weighted by molar-refractivity contribution is -0.116. The number of hydrogen-bond donors (Lipinski definition) is 2. The summed E-state index contributed by atoms with van der Waals surface area (Å²) in [5, 5.41) is 10.4. The van der Waals surface area contributed by atoms with Crippen molar-refractivity contribution in [1.29, 1.82) is 0 Å². The minimum Gasteiger partial charge on any atom is -0.343 e. The average molecular weight is 420 g/mol. The molecule has 6 nitrogen and oxygen atoms in total. The van der Waals surface area contributed by atoms with Crippen molar-refractivity contribution in [1.82, 2.24) is 9.78 Å². The molecule has 1 atom stereocenters. The predicted molar refractivity (Wildman–Crippen MR) is 111 cm³/mol. The number of para-hydroxylation sites is 1. The minimum absolute atomic E-state index is 0.0695. The van der Waals surface area contributed by atoms with Crippen LogP contribution in [0.25, 0.3) is 0 Å². The van der Waals surface area contributed by atoms with Crippen molar-refractivity contribution in [3.63, 3.8) is 0 Å². The zero-order chi connectivity index (χ0) is 21.5. The topological polar surface area (TPSA) is 76.0 Å². The number of ketones is 1. The van der Waals surface area contributed by atoms with Crippen LogP contribution in [0.5, 0.6) is 0 Å². The number of fused-ring (bicyclic) bond motifs is 1. The molecule has 1 aliphatic carbocycles. The SMILES string of the molecule is O=C1CCCC2=C1C(c1ccc(F)c(F)c1)n1ncc(C(=O)Nc3ccccc3)c1N2. The highest BCUT2D eigenvalue weighted by Crippen LogP contribution is 2.41. The standard InChI is InChI=1S/C23H18F2N4O2/c24-16-10-9-13(11-17(16)25)21-20-18(7-4-8-19(20)30)28-22-15(12-26-29(21)22)23(31)27-14-5-2-1-3-6-14/h1-3,5-6,9-12,21,28H,4,7-8H2,(H,27,31). The number of carbonyl (C=O) groups excluding carboxylic acids is 2. The van der Waals surface area contributed by atoms with Gasteiger partial charge in [0.25, 0.3) is 5.91 Å². The van der Waals surface area contributed by atoms with Crippen LogP contribution in [0.3, 0.4) is 0 Å². The number of anilines is 2. The molecule has 8 heteroatoms. The second-order valence-electron chi connectivity index (χ2n) is 7.54. The van der Waals surface area contributed by atoms with Gasteiger partial charge in [-0.3, -0.25) is 9.59 Å². The quantitative estimate of drug-likeness (QED) is 0.657.